The molecule has 1 aliphatic heterocycles. The summed E-state index contributed by atoms with van der Waals surface area (Å²) in [5, 5.41) is 5.17. The highest BCUT2D eigenvalue weighted by Crippen LogP contribution is 2.22. The largest absolute Gasteiger partial charge is 0.480 e. The Kier molecular flexibility index (Phi) is 6.39. The van der Waals surface area contributed by atoms with E-state index >= 15 is 0 Å². The fraction of sp³-hybridized carbons (Fsp3) is 0.389. The second-order valence-corrected chi connectivity index (χ2v) is 5.90. The summed E-state index contributed by atoms with van der Waals surface area (Å²) < 4.78 is 16.0. The summed E-state index contributed by atoms with van der Waals surface area (Å²) in [4.78, 5) is 30.6. The number of carbonyl (C=O) groups is 2. The maximum absolute atomic E-state index is 12.2. The van der Waals surface area contributed by atoms with E-state index in [0.29, 0.717) is 18.9 Å². The molecule has 1 fully saturated rings. The molecule has 0 aliphatic carbocycles. The van der Waals surface area contributed by atoms with Crippen molar-refractivity contribution in [1.29, 1.82) is 0 Å². The number of rotatable bonds is 6. The van der Waals surface area contributed by atoms with Crippen molar-refractivity contribution >= 4 is 17.5 Å². The van der Waals surface area contributed by atoms with E-state index in [1.54, 1.807) is 24.5 Å². The van der Waals surface area contributed by atoms with Gasteiger partial charge in [-0.1, -0.05) is 0 Å². The second kappa shape index (κ2) is 9.15. The molecular formula is C18H22N4O5. The molecule has 0 bridgehead atoms. The van der Waals surface area contributed by atoms with E-state index in [0.717, 1.165) is 18.8 Å². The number of anilines is 1. The number of morpholine rings is 1. The Morgan fingerprint density at radius 3 is 2.78 bits per heavy atom. The van der Waals surface area contributed by atoms with E-state index in [1.165, 1.54) is 13.3 Å². The number of nitrogens with zero attached hydrogens (tertiary/aromatic N) is 2. The molecule has 0 aromatic carbocycles. The van der Waals surface area contributed by atoms with Crippen molar-refractivity contribution in [3.63, 3.8) is 0 Å². The number of hydrogen-bond donors (Lipinski definition) is 2. The third-order valence-electron chi connectivity index (χ3n) is 4.23. The van der Waals surface area contributed by atoms with Crippen LogP contribution >= 0.6 is 0 Å². The second-order valence-electron chi connectivity index (χ2n) is 5.90. The number of amides is 2. The van der Waals surface area contributed by atoms with Gasteiger partial charge in [-0.15, -0.1) is 0 Å². The Bertz CT molecular complexity index is 759. The van der Waals surface area contributed by atoms with Gasteiger partial charge in [0.2, 0.25) is 5.88 Å². The summed E-state index contributed by atoms with van der Waals surface area (Å²) in [5.41, 5.74) is 0.330. The monoisotopic (exact) mass is 374 g/mol. The molecule has 3 heterocycles. The van der Waals surface area contributed by atoms with Crippen molar-refractivity contribution in [3.8, 4) is 5.88 Å². The zero-order valence-electron chi connectivity index (χ0n) is 15.0. The summed E-state index contributed by atoms with van der Waals surface area (Å²) in [5.74, 6) is -0.570. The number of aromatic nitrogens is 1. The fourth-order valence-corrected chi connectivity index (χ4v) is 2.88. The van der Waals surface area contributed by atoms with E-state index in [1.807, 2.05) is 6.07 Å². The Hall–Kier alpha value is -2.91. The molecule has 9 heteroatoms. The van der Waals surface area contributed by atoms with E-state index in [-0.39, 0.29) is 18.5 Å². The van der Waals surface area contributed by atoms with Gasteiger partial charge in [0.25, 0.3) is 0 Å². The molecule has 2 N–H and O–H groups in total. The van der Waals surface area contributed by atoms with Gasteiger partial charge in [-0.3, -0.25) is 14.5 Å². The van der Waals surface area contributed by atoms with Crippen LogP contribution in [0, 0.1) is 0 Å². The van der Waals surface area contributed by atoms with Gasteiger partial charge in [0, 0.05) is 25.8 Å². The zero-order chi connectivity index (χ0) is 19.1. The van der Waals surface area contributed by atoms with Gasteiger partial charge in [0.15, 0.2) is 0 Å². The predicted octanol–water partition coefficient (Wildman–Crippen LogP) is 0.811. The summed E-state index contributed by atoms with van der Waals surface area (Å²) in [6.45, 7) is 2.92. The average Bonchev–Trinajstić information content (AvgIpc) is 3.23. The number of methoxy groups -OCH3 is 1. The fourth-order valence-electron chi connectivity index (χ4n) is 2.88. The van der Waals surface area contributed by atoms with Crippen molar-refractivity contribution in [2.75, 3.05) is 45.3 Å². The maximum atomic E-state index is 12.2. The molecule has 0 radical (unpaired) electrons. The zero-order valence-corrected chi connectivity index (χ0v) is 15.0. The van der Waals surface area contributed by atoms with Gasteiger partial charge in [-0.05, 0) is 24.3 Å². The van der Waals surface area contributed by atoms with Gasteiger partial charge in [0.1, 0.15) is 11.4 Å². The normalized spacial score (nSPS) is 15.7. The first kappa shape index (κ1) is 18.9. The van der Waals surface area contributed by atoms with Gasteiger partial charge in [-0.2, -0.15) is 0 Å². The molecule has 1 atom stereocenters. The minimum atomic E-state index is -0.790. The van der Waals surface area contributed by atoms with Gasteiger partial charge >= 0.3 is 11.8 Å². The van der Waals surface area contributed by atoms with E-state index < -0.39 is 11.8 Å². The van der Waals surface area contributed by atoms with Crippen LogP contribution in [0.1, 0.15) is 11.8 Å². The Morgan fingerprint density at radius 1 is 1.26 bits per heavy atom. The standard InChI is InChI=1S/C18H22N4O5/c1-25-18-13(4-2-6-19-18)21-17(24)16(23)20-12-14(15-5-3-9-27-15)22-7-10-26-11-8-22/h2-6,9,14H,7-8,10-12H2,1H3,(H,20,23)(H,21,24). The van der Waals surface area contributed by atoms with Crippen LogP contribution in [0.25, 0.3) is 0 Å². The highest BCUT2D eigenvalue weighted by atomic mass is 16.5. The maximum Gasteiger partial charge on any atom is 0.313 e. The number of furan rings is 1. The molecule has 1 saturated heterocycles. The predicted molar refractivity (Wildman–Crippen MR) is 96.3 cm³/mol. The van der Waals surface area contributed by atoms with Gasteiger partial charge < -0.3 is 24.5 Å². The summed E-state index contributed by atoms with van der Waals surface area (Å²) in [6.07, 6.45) is 3.12. The minimum absolute atomic E-state index is 0.173. The molecule has 27 heavy (non-hydrogen) atoms. The van der Waals surface area contributed by atoms with Crippen molar-refractivity contribution < 1.29 is 23.5 Å². The Morgan fingerprint density at radius 2 is 2.07 bits per heavy atom. The van der Waals surface area contributed by atoms with E-state index in [2.05, 4.69) is 20.5 Å². The lowest BCUT2D eigenvalue weighted by Crippen LogP contribution is -2.45. The van der Waals surface area contributed by atoms with Crippen LogP contribution in [0.5, 0.6) is 5.88 Å². The first-order valence-corrected chi connectivity index (χ1v) is 8.62. The smallest absolute Gasteiger partial charge is 0.313 e. The van der Waals surface area contributed by atoms with Crippen LogP contribution in [-0.4, -0.2) is 61.7 Å². The van der Waals surface area contributed by atoms with Crippen LogP contribution in [-0.2, 0) is 14.3 Å². The minimum Gasteiger partial charge on any atom is -0.480 e. The molecule has 0 spiro atoms. The molecule has 0 saturated carbocycles. The SMILES string of the molecule is COc1ncccc1NC(=O)C(=O)NCC(c1ccco1)N1CCOCC1. The van der Waals surface area contributed by atoms with E-state index in [9.17, 15) is 9.59 Å². The Balaban J connectivity index is 1.60. The third-order valence-corrected chi connectivity index (χ3v) is 4.23. The highest BCUT2D eigenvalue weighted by Gasteiger charge is 2.26. The number of nitrogens with one attached hydrogen (secondary N) is 2. The van der Waals surface area contributed by atoms with Crippen molar-refractivity contribution in [2.45, 2.75) is 6.04 Å². The van der Waals surface area contributed by atoms with Crippen LogP contribution in [0.15, 0.2) is 41.1 Å². The Labute approximate surface area is 156 Å². The topological polar surface area (TPSA) is 106 Å². The number of carbonyl (C=O) groups excluding carboxylic acids is 2. The lowest BCUT2D eigenvalue weighted by atomic mass is 10.1. The molecule has 3 rings (SSSR count). The average molecular weight is 374 g/mol. The lowest BCUT2D eigenvalue weighted by Gasteiger charge is -2.33. The van der Waals surface area contributed by atoms with Crippen LogP contribution < -0.4 is 15.4 Å². The number of pyridine rings is 1. The third kappa shape index (κ3) is 4.83. The first-order chi connectivity index (χ1) is 13.2. The van der Waals surface area contributed by atoms with Crippen LogP contribution in [0.2, 0.25) is 0 Å². The molecule has 1 aliphatic rings. The van der Waals surface area contributed by atoms with E-state index in [4.69, 9.17) is 13.9 Å². The van der Waals surface area contributed by atoms with Crippen LogP contribution in [0.3, 0.4) is 0 Å². The summed E-state index contributed by atoms with van der Waals surface area (Å²) in [6, 6.07) is 6.73. The molecule has 2 aromatic rings. The van der Waals surface area contributed by atoms with Crippen molar-refractivity contribution in [3.05, 3.63) is 42.5 Å². The van der Waals surface area contributed by atoms with Crippen LogP contribution in [0.4, 0.5) is 5.69 Å². The molecule has 2 amide bonds. The summed E-state index contributed by atoms with van der Waals surface area (Å²) >= 11 is 0. The summed E-state index contributed by atoms with van der Waals surface area (Å²) in [7, 11) is 1.44. The molecule has 2 aromatic heterocycles. The quantitative estimate of drug-likeness (QED) is 0.721. The van der Waals surface area contributed by atoms with Crippen molar-refractivity contribution in [2.24, 2.45) is 0 Å². The lowest BCUT2D eigenvalue weighted by molar-refractivity contribution is -0.136. The van der Waals surface area contributed by atoms with Gasteiger partial charge in [0.05, 0.1) is 32.6 Å². The highest BCUT2D eigenvalue weighted by molar-refractivity contribution is 6.39. The first-order valence-electron chi connectivity index (χ1n) is 8.62. The van der Waals surface area contributed by atoms with Gasteiger partial charge in [-0.25, -0.2) is 4.98 Å². The molecule has 1 unspecified atom stereocenters. The molecule has 9 nitrogen and oxygen atoms in total. The molecular weight excluding hydrogens is 352 g/mol. The van der Waals surface area contributed by atoms with Crippen molar-refractivity contribution in [1.82, 2.24) is 15.2 Å². The number of ether oxygens (including phenoxy) is 2. The molecule has 144 valence electrons. The number of hydrogen-bond acceptors (Lipinski definition) is 7.